The van der Waals surface area contributed by atoms with Gasteiger partial charge in [-0.2, -0.15) is 0 Å². The van der Waals surface area contributed by atoms with E-state index in [-0.39, 0.29) is 18.2 Å². The van der Waals surface area contributed by atoms with Crippen LogP contribution in [0.4, 0.5) is 0 Å². The summed E-state index contributed by atoms with van der Waals surface area (Å²) in [6.45, 7) is 2.56. The van der Waals surface area contributed by atoms with E-state index in [0.717, 1.165) is 24.8 Å². The number of carbonyl (C=O) groups excluding carboxylic acids is 1. The van der Waals surface area contributed by atoms with Gasteiger partial charge in [0.25, 0.3) is 0 Å². The summed E-state index contributed by atoms with van der Waals surface area (Å²) in [5, 5.41) is 11.4. The number of rotatable bonds is 9. The number of carbonyl (C=O) groups is 2. The second-order valence-electron chi connectivity index (χ2n) is 4.98. The Hall–Kier alpha value is -1.84. The van der Waals surface area contributed by atoms with Gasteiger partial charge in [0, 0.05) is 13.0 Å². The van der Waals surface area contributed by atoms with Crippen LogP contribution in [-0.2, 0) is 9.59 Å². The van der Waals surface area contributed by atoms with E-state index in [1.807, 2.05) is 37.3 Å². The standard InChI is InChI=1S/C16H23NO3/c1-13(14-9-5-4-6-10-14)16(20)17-12-8-3-2-7-11-15(18)19/h4-6,9-10,13H,2-3,7-8,11-12H2,1H3,(H,17,20)(H,18,19)/t13-/m1/s1. The lowest BCUT2D eigenvalue weighted by Gasteiger charge is -2.12. The SMILES string of the molecule is C[C@@H](C(=O)NCCCCCCC(=O)O)c1ccccc1. The monoisotopic (exact) mass is 277 g/mol. The third kappa shape index (κ3) is 6.36. The summed E-state index contributed by atoms with van der Waals surface area (Å²) >= 11 is 0. The first kappa shape index (κ1) is 16.2. The van der Waals surface area contributed by atoms with E-state index in [1.165, 1.54) is 0 Å². The summed E-state index contributed by atoms with van der Waals surface area (Å²) in [7, 11) is 0. The van der Waals surface area contributed by atoms with Gasteiger partial charge < -0.3 is 10.4 Å². The molecule has 1 aromatic rings. The molecule has 0 aliphatic heterocycles. The smallest absolute Gasteiger partial charge is 0.303 e. The summed E-state index contributed by atoms with van der Waals surface area (Å²) in [5.41, 5.74) is 1.02. The van der Waals surface area contributed by atoms with Crippen LogP contribution in [0.15, 0.2) is 30.3 Å². The third-order valence-electron chi connectivity index (χ3n) is 3.31. The largest absolute Gasteiger partial charge is 0.481 e. The Bertz CT molecular complexity index is 417. The summed E-state index contributed by atoms with van der Waals surface area (Å²) in [5.74, 6) is -0.833. The van der Waals surface area contributed by atoms with Crippen LogP contribution in [0.3, 0.4) is 0 Å². The normalized spacial score (nSPS) is 11.8. The van der Waals surface area contributed by atoms with Crippen molar-refractivity contribution in [3.05, 3.63) is 35.9 Å². The number of carboxylic acid groups (broad SMARTS) is 1. The molecule has 4 nitrogen and oxygen atoms in total. The molecule has 0 heterocycles. The van der Waals surface area contributed by atoms with Gasteiger partial charge in [0.15, 0.2) is 0 Å². The Morgan fingerprint density at radius 1 is 1.10 bits per heavy atom. The summed E-state index contributed by atoms with van der Waals surface area (Å²) in [6, 6.07) is 9.71. The molecule has 0 aromatic heterocycles. The number of unbranched alkanes of at least 4 members (excludes halogenated alkanes) is 3. The molecule has 1 rings (SSSR count). The van der Waals surface area contributed by atoms with Gasteiger partial charge in [0.2, 0.25) is 5.91 Å². The third-order valence-corrected chi connectivity index (χ3v) is 3.31. The Morgan fingerprint density at radius 2 is 1.75 bits per heavy atom. The minimum atomic E-state index is -0.741. The van der Waals surface area contributed by atoms with Crippen LogP contribution in [0.1, 0.15) is 50.5 Å². The molecule has 0 aliphatic carbocycles. The zero-order valence-electron chi connectivity index (χ0n) is 12.0. The number of benzene rings is 1. The minimum Gasteiger partial charge on any atom is -0.481 e. The van der Waals surface area contributed by atoms with Crippen LogP contribution in [0, 0.1) is 0 Å². The van der Waals surface area contributed by atoms with E-state index in [1.54, 1.807) is 0 Å². The fourth-order valence-electron chi connectivity index (χ4n) is 2.01. The van der Waals surface area contributed by atoms with Crippen molar-refractivity contribution in [1.29, 1.82) is 0 Å². The number of hydrogen-bond donors (Lipinski definition) is 2. The van der Waals surface area contributed by atoms with Gasteiger partial charge in [-0.3, -0.25) is 9.59 Å². The van der Waals surface area contributed by atoms with Gasteiger partial charge in [0.1, 0.15) is 0 Å². The molecule has 1 atom stereocenters. The quantitative estimate of drug-likeness (QED) is 0.682. The summed E-state index contributed by atoms with van der Waals surface area (Å²) in [4.78, 5) is 22.3. The van der Waals surface area contributed by atoms with Crippen molar-refractivity contribution < 1.29 is 14.7 Å². The Kier molecular flexibility index (Phi) is 7.40. The topological polar surface area (TPSA) is 66.4 Å². The van der Waals surface area contributed by atoms with Gasteiger partial charge in [-0.05, 0) is 25.3 Å². The van der Waals surface area contributed by atoms with Crippen molar-refractivity contribution in [3.63, 3.8) is 0 Å². The van der Waals surface area contributed by atoms with Crippen LogP contribution in [0.2, 0.25) is 0 Å². The first-order valence-corrected chi connectivity index (χ1v) is 7.15. The van der Waals surface area contributed by atoms with Gasteiger partial charge in [-0.1, -0.05) is 43.2 Å². The van der Waals surface area contributed by atoms with E-state index in [4.69, 9.17) is 5.11 Å². The van der Waals surface area contributed by atoms with E-state index >= 15 is 0 Å². The number of aliphatic carboxylic acids is 1. The number of hydrogen-bond acceptors (Lipinski definition) is 2. The van der Waals surface area contributed by atoms with Crippen LogP contribution < -0.4 is 5.32 Å². The number of amides is 1. The summed E-state index contributed by atoms with van der Waals surface area (Å²) in [6.07, 6.45) is 3.69. The van der Waals surface area contributed by atoms with Gasteiger partial charge in [-0.15, -0.1) is 0 Å². The number of carboxylic acids is 1. The predicted molar refractivity (Wildman–Crippen MR) is 78.6 cm³/mol. The highest BCUT2D eigenvalue weighted by Gasteiger charge is 2.13. The molecule has 1 amide bonds. The van der Waals surface area contributed by atoms with E-state index in [9.17, 15) is 9.59 Å². The van der Waals surface area contributed by atoms with Gasteiger partial charge in [-0.25, -0.2) is 0 Å². The molecule has 0 bridgehead atoms. The molecular weight excluding hydrogens is 254 g/mol. The highest BCUT2D eigenvalue weighted by atomic mass is 16.4. The zero-order chi connectivity index (χ0) is 14.8. The molecule has 4 heteroatoms. The molecule has 2 N–H and O–H groups in total. The van der Waals surface area contributed by atoms with Crippen LogP contribution in [0.25, 0.3) is 0 Å². The maximum Gasteiger partial charge on any atom is 0.303 e. The molecular formula is C16H23NO3. The highest BCUT2D eigenvalue weighted by molar-refractivity contribution is 5.83. The number of nitrogens with one attached hydrogen (secondary N) is 1. The van der Waals surface area contributed by atoms with Crippen molar-refractivity contribution in [2.45, 2.75) is 44.9 Å². The van der Waals surface area contributed by atoms with Crippen molar-refractivity contribution in [2.75, 3.05) is 6.54 Å². The fraction of sp³-hybridized carbons (Fsp3) is 0.500. The Balaban J connectivity index is 2.13. The van der Waals surface area contributed by atoms with Crippen molar-refractivity contribution in [2.24, 2.45) is 0 Å². The minimum absolute atomic E-state index is 0.0433. The Labute approximate surface area is 120 Å². The molecule has 0 saturated heterocycles. The molecule has 0 radical (unpaired) electrons. The van der Waals surface area contributed by atoms with E-state index in [2.05, 4.69) is 5.32 Å². The fourth-order valence-corrected chi connectivity index (χ4v) is 2.01. The maximum atomic E-state index is 11.9. The van der Waals surface area contributed by atoms with Gasteiger partial charge in [0.05, 0.1) is 5.92 Å². The Morgan fingerprint density at radius 3 is 2.40 bits per heavy atom. The lowest BCUT2D eigenvalue weighted by Crippen LogP contribution is -2.28. The van der Waals surface area contributed by atoms with Crippen LogP contribution in [0.5, 0.6) is 0 Å². The molecule has 110 valence electrons. The molecule has 0 spiro atoms. The zero-order valence-corrected chi connectivity index (χ0v) is 12.0. The molecule has 0 aliphatic rings. The summed E-state index contributed by atoms with van der Waals surface area (Å²) < 4.78 is 0. The molecule has 0 unspecified atom stereocenters. The van der Waals surface area contributed by atoms with Crippen molar-refractivity contribution in [3.8, 4) is 0 Å². The average Bonchev–Trinajstić information content (AvgIpc) is 2.45. The molecule has 0 saturated carbocycles. The van der Waals surface area contributed by atoms with E-state index in [0.29, 0.717) is 13.0 Å². The lowest BCUT2D eigenvalue weighted by molar-refractivity contribution is -0.137. The van der Waals surface area contributed by atoms with Crippen LogP contribution in [-0.4, -0.2) is 23.5 Å². The van der Waals surface area contributed by atoms with Crippen molar-refractivity contribution >= 4 is 11.9 Å². The average molecular weight is 277 g/mol. The lowest BCUT2D eigenvalue weighted by atomic mass is 10.0. The van der Waals surface area contributed by atoms with E-state index < -0.39 is 5.97 Å². The first-order chi connectivity index (χ1) is 9.61. The van der Waals surface area contributed by atoms with Gasteiger partial charge >= 0.3 is 5.97 Å². The van der Waals surface area contributed by atoms with Crippen LogP contribution >= 0.6 is 0 Å². The molecule has 0 fully saturated rings. The highest BCUT2D eigenvalue weighted by Crippen LogP contribution is 2.14. The second kappa shape index (κ2) is 9.13. The maximum absolute atomic E-state index is 11.9. The second-order valence-corrected chi connectivity index (χ2v) is 4.98. The first-order valence-electron chi connectivity index (χ1n) is 7.15. The van der Waals surface area contributed by atoms with Crippen molar-refractivity contribution in [1.82, 2.24) is 5.32 Å². The molecule has 1 aromatic carbocycles. The molecule has 20 heavy (non-hydrogen) atoms. The predicted octanol–water partition coefficient (Wildman–Crippen LogP) is 2.94.